The third-order valence-electron chi connectivity index (χ3n) is 2.92. The number of nitro groups is 1. The molecule has 0 aromatic heterocycles. The average Bonchev–Trinajstić information content (AvgIpc) is 2.41. The molecule has 1 N–H and O–H groups in total. The summed E-state index contributed by atoms with van der Waals surface area (Å²) in [6.45, 7) is 2.12. The van der Waals surface area contributed by atoms with Crippen molar-refractivity contribution in [3.05, 3.63) is 67.9 Å². The zero-order valence-corrected chi connectivity index (χ0v) is 12.3. The van der Waals surface area contributed by atoms with Gasteiger partial charge in [0.05, 0.1) is 4.92 Å². The van der Waals surface area contributed by atoms with Crippen molar-refractivity contribution in [2.75, 3.05) is 5.32 Å². The summed E-state index contributed by atoms with van der Waals surface area (Å²) in [5.74, 6) is -0.797. The molecule has 0 spiro atoms. The van der Waals surface area contributed by atoms with E-state index in [1.54, 1.807) is 0 Å². The number of aryl methyl sites for hydroxylation is 1. The Hall–Kier alpha value is -1.95. The highest BCUT2D eigenvalue weighted by atomic mass is 79.9. The van der Waals surface area contributed by atoms with Crippen LogP contribution in [-0.4, -0.2) is 4.92 Å². The second-order valence-electron chi connectivity index (χ2n) is 4.30. The molecular formula is C14H12BrFN2O2. The van der Waals surface area contributed by atoms with E-state index in [2.05, 4.69) is 21.2 Å². The smallest absolute Gasteiger partial charge is 0.305 e. The number of anilines is 1. The van der Waals surface area contributed by atoms with Crippen LogP contribution >= 0.6 is 15.9 Å². The highest BCUT2D eigenvalue weighted by molar-refractivity contribution is 9.10. The second-order valence-corrected chi connectivity index (χ2v) is 5.09. The Morgan fingerprint density at radius 3 is 2.70 bits per heavy atom. The zero-order chi connectivity index (χ0) is 14.7. The molecule has 0 amide bonds. The van der Waals surface area contributed by atoms with Crippen molar-refractivity contribution in [3.8, 4) is 0 Å². The highest BCUT2D eigenvalue weighted by Crippen LogP contribution is 2.27. The number of benzene rings is 2. The van der Waals surface area contributed by atoms with Crippen LogP contribution in [0.2, 0.25) is 0 Å². The van der Waals surface area contributed by atoms with E-state index in [4.69, 9.17) is 0 Å². The topological polar surface area (TPSA) is 55.2 Å². The first-order chi connectivity index (χ1) is 9.50. The molecule has 2 aromatic rings. The first kappa shape index (κ1) is 14.5. The van der Waals surface area contributed by atoms with Crippen LogP contribution in [0.1, 0.15) is 11.1 Å². The fourth-order valence-corrected chi connectivity index (χ4v) is 2.22. The van der Waals surface area contributed by atoms with Crippen LogP contribution in [0.3, 0.4) is 0 Å². The standard InChI is InChI=1S/C14H12BrFN2O2/c1-9-4-2-6-11(13(9)15)17-8-10-5-3-7-12(14(10)16)18(19)20/h2-7,17H,8H2,1H3. The Labute approximate surface area is 123 Å². The van der Waals surface area contributed by atoms with E-state index in [0.29, 0.717) is 0 Å². The van der Waals surface area contributed by atoms with E-state index < -0.39 is 16.4 Å². The minimum absolute atomic E-state index is 0.176. The molecular weight excluding hydrogens is 327 g/mol. The molecule has 0 fully saturated rings. The van der Waals surface area contributed by atoms with Gasteiger partial charge in [-0.2, -0.15) is 4.39 Å². The van der Waals surface area contributed by atoms with Gasteiger partial charge in [0.25, 0.3) is 0 Å². The van der Waals surface area contributed by atoms with Crippen molar-refractivity contribution in [2.45, 2.75) is 13.5 Å². The number of hydrogen-bond acceptors (Lipinski definition) is 3. The fourth-order valence-electron chi connectivity index (χ4n) is 1.82. The molecule has 0 saturated heterocycles. The Morgan fingerprint density at radius 1 is 1.30 bits per heavy atom. The van der Waals surface area contributed by atoms with Gasteiger partial charge in [0.1, 0.15) is 0 Å². The normalized spacial score (nSPS) is 10.3. The molecule has 0 radical (unpaired) electrons. The van der Waals surface area contributed by atoms with Crippen LogP contribution in [0.5, 0.6) is 0 Å². The SMILES string of the molecule is Cc1cccc(NCc2cccc([N+](=O)[O-])c2F)c1Br. The molecule has 0 atom stereocenters. The van der Waals surface area contributed by atoms with E-state index in [9.17, 15) is 14.5 Å². The van der Waals surface area contributed by atoms with Gasteiger partial charge in [0.15, 0.2) is 0 Å². The number of nitrogens with one attached hydrogen (secondary N) is 1. The van der Waals surface area contributed by atoms with Gasteiger partial charge < -0.3 is 5.32 Å². The van der Waals surface area contributed by atoms with Gasteiger partial charge in [-0.25, -0.2) is 0 Å². The van der Waals surface area contributed by atoms with Gasteiger partial charge in [-0.15, -0.1) is 0 Å². The fraction of sp³-hybridized carbons (Fsp3) is 0.143. The van der Waals surface area contributed by atoms with Gasteiger partial charge in [0.2, 0.25) is 5.82 Å². The predicted octanol–water partition coefficient (Wildman–Crippen LogP) is 4.42. The minimum atomic E-state index is -0.797. The largest absolute Gasteiger partial charge is 0.380 e. The summed E-state index contributed by atoms with van der Waals surface area (Å²) in [6.07, 6.45) is 0. The van der Waals surface area contributed by atoms with Gasteiger partial charge in [0, 0.05) is 28.3 Å². The molecule has 0 saturated carbocycles. The number of nitro benzene ring substituents is 1. The molecule has 20 heavy (non-hydrogen) atoms. The van der Waals surface area contributed by atoms with Crippen LogP contribution in [0.25, 0.3) is 0 Å². The summed E-state index contributed by atoms with van der Waals surface area (Å²) in [5, 5.41) is 13.8. The molecule has 0 bridgehead atoms. The number of halogens is 2. The van der Waals surface area contributed by atoms with Gasteiger partial charge in [-0.05, 0) is 34.5 Å². The molecule has 0 aliphatic carbocycles. The van der Waals surface area contributed by atoms with E-state index in [0.717, 1.165) is 21.8 Å². The third-order valence-corrected chi connectivity index (χ3v) is 3.97. The second kappa shape index (κ2) is 6.00. The number of rotatable bonds is 4. The first-order valence-electron chi connectivity index (χ1n) is 5.91. The van der Waals surface area contributed by atoms with Gasteiger partial charge in [-0.3, -0.25) is 10.1 Å². The lowest BCUT2D eigenvalue weighted by atomic mass is 10.1. The van der Waals surface area contributed by atoms with Crippen molar-refractivity contribution in [3.63, 3.8) is 0 Å². The zero-order valence-electron chi connectivity index (χ0n) is 10.7. The van der Waals surface area contributed by atoms with Crippen LogP contribution in [0, 0.1) is 22.9 Å². The predicted molar refractivity (Wildman–Crippen MR) is 79.3 cm³/mol. The van der Waals surface area contributed by atoms with Crippen molar-refractivity contribution < 1.29 is 9.31 Å². The maximum atomic E-state index is 13.9. The van der Waals surface area contributed by atoms with Crippen LogP contribution in [0.15, 0.2) is 40.9 Å². The molecule has 0 unspecified atom stereocenters. The molecule has 6 heteroatoms. The quantitative estimate of drug-likeness (QED) is 0.663. The van der Waals surface area contributed by atoms with Crippen molar-refractivity contribution in [1.82, 2.24) is 0 Å². The van der Waals surface area contributed by atoms with Crippen LogP contribution in [0.4, 0.5) is 15.8 Å². The molecule has 0 aliphatic heterocycles. The van der Waals surface area contributed by atoms with Crippen molar-refractivity contribution >= 4 is 27.3 Å². The molecule has 104 valence electrons. The maximum Gasteiger partial charge on any atom is 0.305 e. The number of nitrogens with zero attached hydrogens (tertiary/aromatic N) is 1. The summed E-state index contributed by atoms with van der Waals surface area (Å²) in [6, 6.07) is 9.84. The summed E-state index contributed by atoms with van der Waals surface area (Å²) in [4.78, 5) is 9.96. The van der Waals surface area contributed by atoms with E-state index in [-0.39, 0.29) is 12.1 Å². The van der Waals surface area contributed by atoms with Gasteiger partial charge in [-0.1, -0.05) is 24.3 Å². The molecule has 0 heterocycles. The Balaban J connectivity index is 2.21. The Kier molecular flexibility index (Phi) is 4.34. The Morgan fingerprint density at radius 2 is 2.00 bits per heavy atom. The molecule has 4 nitrogen and oxygen atoms in total. The average molecular weight is 339 g/mol. The van der Waals surface area contributed by atoms with Crippen LogP contribution in [-0.2, 0) is 6.54 Å². The Bertz CT molecular complexity index is 662. The number of hydrogen-bond donors (Lipinski definition) is 1. The lowest BCUT2D eigenvalue weighted by Crippen LogP contribution is -2.04. The van der Waals surface area contributed by atoms with Crippen molar-refractivity contribution in [1.29, 1.82) is 0 Å². The summed E-state index contributed by atoms with van der Waals surface area (Å²) >= 11 is 3.45. The van der Waals surface area contributed by atoms with Crippen molar-refractivity contribution in [2.24, 2.45) is 0 Å². The van der Waals surface area contributed by atoms with Gasteiger partial charge >= 0.3 is 5.69 Å². The third kappa shape index (κ3) is 2.96. The summed E-state index contributed by atoms with van der Waals surface area (Å²) < 4.78 is 14.8. The lowest BCUT2D eigenvalue weighted by molar-refractivity contribution is -0.387. The summed E-state index contributed by atoms with van der Waals surface area (Å²) in [5.41, 5.74) is 1.62. The van der Waals surface area contributed by atoms with Crippen LogP contribution < -0.4 is 5.32 Å². The molecule has 2 rings (SSSR count). The summed E-state index contributed by atoms with van der Waals surface area (Å²) in [7, 11) is 0. The lowest BCUT2D eigenvalue weighted by Gasteiger charge is -2.10. The maximum absolute atomic E-state index is 13.9. The van der Waals surface area contributed by atoms with E-state index >= 15 is 0 Å². The minimum Gasteiger partial charge on any atom is -0.380 e. The molecule has 0 aliphatic rings. The highest BCUT2D eigenvalue weighted by Gasteiger charge is 2.17. The van der Waals surface area contributed by atoms with E-state index in [1.807, 2.05) is 25.1 Å². The van der Waals surface area contributed by atoms with E-state index in [1.165, 1.54) is 12.1 Å². The molecule has 2 aromatic carbocycles. The monoisotopic (exact) mass is 338 g/mol. The first-order valence-corrected chi connectivity index (χ1v) is 6.70.